The molecule has 0 spiro atoms. The van der Waals surface area contributed by atoms with Crippen molar-refractivity contribution >= 4 is 17.2 Å². The molecule has 5 aromatic rings. The number of anilines is 1. The quantitative estimate of drug-likeness (QED) is 0.336. The van der Waals surface area contributed by atoms with Crippen LogP contribution in [0.25, 0.3) is 22.6 Å². The van der Waals surface area contributed by atoms with Gasteiger partial charge in [0.2, 0.25) is 0 Å². The number of aromatic nitrogens is 5. The van der Waals surface area contributed by atoms with Crippen molar-refractivity contribution in [3.05, 3.63) is 96.8 Å². The number of carbonyl (C=O) groups excluding carboxylic acids is 1. The fourth-order valence-corrected chi connectivity index (χ4v) is 4.08. The van der Waals surface area contributed by atoms with Crippen LogP contribution in [0.2, 0.25) is 0 Å². The third-order valence-corrected chi connectivity index (χ3v) is 5.95. The van der Waals surface area contributed by atoms with E-state index in [1.807, 2.05) is 46.2 Å². The Morgan fingerprint density at radius 3 is 2.62 bits per heavy atom. The Bertz CT molecular complexity index is 1420. The maximum absolute atomic E-state index is 13.4. The van der Waals surface area contributed by atoms with Crippen molar-refractivity contribution in [2.24, 2.45) is 0 Å². The van der Waals surface area contributed by atoms with Gasteiger partial charge in [-0.3, -0.25) is 19.3 Å². The van der Waals surface area contributed by atoms with Crippen molar-refractivity contribution in [2.75, 3.05) is 11.4 Å². The number of unbranched alkanes of at least 4 members (excludes halogenated alkanes) is 1. The molecule has 5 rings (SSSR count). The topological polar surface area (TPSA) is 68.3 Å². The molecule has 0 N–H and O–H groups in total. The molecule has 0 aliphatic heterocycles. The van der Waals surface area contributed by atoms with Crippen LogP contribution >= 0.6 is 0 Å². The van der Waals surface area contributed by atoms with Crippen LogP contribution in [-0.2, 0) is 0 Å². The van der Waals surface area contributed by atoms with Crippen LogP contribution in [0.15, 0.2) is 85.7 Å². The lowest BCUT2D eigenvalue weighted by atomic mass is 10.1. The van der Waals surface area contributed by atoms with E-state index < -0.39 is 0 Å². The number of fused-ring (bicyclic) bond motifs is 1. The number of hydrogen-bond acceptors (Lipinski definition) is 4. The number of benzene rings is 1. The maximum Gasteiger partial charge on any atom is 0.258 e. The third kappa shape index (κ3) is 4.08. The zero-order valence-electron chi connectivity index (χ0n) is 19.3. The molecular weight excluding hydrogens is 424 g/mol. The summed E-state index contributed by atoms with van der Waals surface area (Å²) in [6, 6.07) is 15.7. The van der Waals surface area contributed by atoms with Crippen LogP contribution in [0.1, 0.15) is 35.7 Å². The van der Waals surface area contributed by atoms with Gasteiger partial charge in [-0.2, -0.15) is 5.10 Å². The van der Waals surface area contributed by atoms with E-state index in [9.17, 15) is 4.79 Å². The van der Waals surface area contributed by atoms with Gasteiger partial charge in [-0.05, 0) is 55.3 Å². The molecular formula is C27H26N6O. The summed E-state index contributed by atoms with van der Waals surface area (Å²) in [5.41, 5.74) is 6.40. The molecule has 0 aliphatic rings. The van der Waals surface area contributed by atoms with Crippen molar-refractivity contribution in [2.45, 2.75) is 26.7 Å². The number of imidazole rings is 1. The predicted molar refractivity (Wildman–Crippen MR) is 133 cm³/mol. The molecule has 34 heavy (non-hydrogen) atoms. The minimum atomic E-state index is -0.0217. The lowest BCUT2D eigenvalue weighted by Gasteiger charge is -2.24. The number of carbonyl (C=O) groups is 1. The smallest absolute Gasteiger partial charge is 0.258 e. The average Bonchev–Trinajstić information content (AvgIpc) is 3.47. The molecule has 1 aromatic carbocycles. The van der Waals surface area contributed by atoms with Gasteiger partial charge in [-0.1, -0.05) is 19.4 Å². The Hall–Kier alpha value is -4.26. The highest BCUT2D eigenvalue weighted by molar-refractivity contribution is 6.06. The molecule has 4 aromatic heterocycles. The van der Waals surface area contributed by atoms with E-state index >= 15 is 0 Å². The molecule has 0 aliphatic carbocycles. The second-order valence-electron chi connectivity index (χ2n) is 8.26. The predicted octanol–water partition coefficient (Wildman–Crippen LogP) is 5.34. The normalized spacial score (nSPS) is 11.1. The Kier molecular flexibility index (Phi) is 5.91. The Balaban J connectivity index is 1.56. The highest BCUT2D eigenvalue weighted by Crippen LogP contribution is 2.27. The number of hydrogen-bond donors (Lipinski definition) is 0. The minimum Gasteiger partial charge on any atom is -0.308 e. The Morgan fingerprint density at radius 2 is 1.85 bits per heavy atom. The lowest BCUT2D eigenvalue weighted by Crippen LogP contribution is -2.32. The van der Waals surface area contributed by atoms with Gasteiger partial charge in [-0.25, -0.2) is 4.52 Å². The van der Waals surface area contributed by atoms with E-state index in [-0.39, 0.29) is 5.91 Å². The summed E-state index contributed by atoms with van der Waals surface area (Å²) in [5.74, 6) is -0.0217. The number of nitrogens with zero attached hydrogens (tertiary/aromatic N) is 6. The van der Waals surface area contributed by atoms with E-state index in [2.05, 4.69) is 46.6 Å². The van der Waals surface area contributed by atoms with Crippen molar-refractivity contribution < 1.29 is 4.79 Å². The van der Waals surface area contributed by atoms with Crippen molar-refractivity contribution in [3.8, 4) is 16.9 Å². The van der Waals surface area contributed by atoms with Gasteiger partial charge in [0.15, 0.2) is 0 Å². The second kappa shape index (κ2) is 9.31. The van der Waals surface area contributed by atoms with Crippen LogP contribution in [0.3, 0.4) is 0 Å². The average molecular weight is 451 g/mol. The van der Waals surface area contributed by atoms with Gasteiger partial charge in [0, 0.05) is 66.6 Å². The number of rotatable bonds is 7. The van der Waals surface area contributed by atoms with E-state index in [1.165, 1.54) is 0 Å². The first-order valence-corrected chi connectivity index (χ1v) is 11.5. The van der Waals surface area contributed by atoms with Crippen molar-refractivity contribution in [1.29, 1.82) is 0 Å². The number of aryl methyl sites for hydroxylation is 1. The van der Waals surface area contributed by atoms with Gasteiger partial charge in [0.05, 0.1) is 11.4 Å². The first-order chi connectivity index (χ1) is 16.7. The summed E-state index contributed by atoms with van der Waals surface area (Å²) in [6.07, 6.45) is 12.7. The first kappa shape index (κ1) is 21.6. The van der Waals surface area contributed by atoms with Crippen molar-refractivity contribution in [3.63, 3.8) is 0 Å². The van der Waals surface area contributed by atoms with Crippen LogP contribution in [0, 0.1) is 6.92 Å². The fourth-order valence-electron chi connectivity index (χ4n) is 4.08. The van der Waals surface area contributed by atoms with Gasteiger partial charge < -0.3 is 4.90 Å². The summed E-state index contributed by atoms with van der Waals surface area (Å²) in [4.78, 5) is 23.5. The summed E-state index contributed by atoms with van der Waals surface area (Å²) >= 11 is 0. The summed E-state index contributed by atoms with van der Waals surface area (Å²) in [6.45, 7) is 4.86. The fraction of sp³-hybridized carbons (Fsp3) is 0.185. The maximum atomic E-state index is 13.4. The zero-order chi connectivity index (χ0) is 23.5. The van der Waals surface area contributed by atoms with Gasteiger partial charge in [0.1, 0.15) is 5.65 Å². The SMILES string of the molecule is CCCCN(C(=O)c1ccncc1)c1ccc(C)c(-n2ccn3nc(-c4cccnc4)cc23)c1. The first-order valence-electron chi connectivity index (χ1n) is 11.5. The summed E-state index contributed by atoms with van der Waals surface area (Å²) in [7, 11) is 0. The largest absolute Gasteiger partial charge is 0.308 e. The van der Waals surface area contributed by atoms with Gasteiger partial charge >= 0.3 is 0 Å². The van der Waals surface area contributed by atoms with Gasteiger partial charge in [0.25, 0.3) is 5.91 Å². The molecule has 0 saturated carbocycles. The molecule has 7 nitrogen and oxygen atoms in total. The molecule has 0 saturated heterocycles. The standard InChI is InChI=1S/C27H26N6O/c1-3-4-14-31(27(34)21-9-12-28-13-10-21)23-8-7-20(2)25(17-23)32-15-16-33-26(32)18-24(30-33)22-6-5-11-29-19-22/h5-13,15-19H,3-4,14H2,1-2H3. The van der Waals surface area contributed by atoms with E-state index in [4.69, 9.17) is 5.10 Å². The summed E-state index contributed by atoms with van der Waals surface area (Å²) in [5, 5.41) is 4.71. The molecule has 7 heteroatoms. The lowest BCUT2D eigenvalue weighted by molar-refractivity contribution is 0.0986. The molecule has 0 unspecified atom stereocenters. The molecule has 0 radical (unpaired) electrons. The van der Waals surface area contributed by atoms with Crippen LogP contribution < -0.4 is 4.90 Å². The highest BCUT2D eigenvalue weighted by Gasteiger charge is 2.19. The second-order valence-corrected chi connectivity index (χ2v) is 8.26. The van der Waals surface area contributed by atoms with E-state index in [0.29, 0.717) is 12.1 Å². The van der Waals surface area contributed by atoms with Crippen LogP contribution in [-0.4, -0.2) is 36.6 Å². The van der Waals surface area contributed by atoms with Crippen molar-refractivity contribution in [1.82, 2.24) is 24.1 Å². The molecule has 170 valence electrons. The van der Waals surface area contributed by atoms with Gasteiger partial charge in [-0.15, -0.1) is 0 Å². The molecule has 4 heterocycles. The third-order valence-electron chi connectivity index (χ3n) is 5.95. The Morgan fingerprint density at radius 1 is 1.00 bits per heavy atom. The molecule has 0 fully saturated rings. The van der Waals surface area contributed by atoms with Crippen LogP contribution in [0.4, 0.5) is 5.69 Å². The zero-order valence-corrected chi connectivity index (χ0v) is 19.3. The van der Waals surface area contributed by atoms with Crippen LogP contribution in [0.5, 0.6) is 0 Å². The summed E-state index contributed by atoms with van der Waals surface area (Å²) < 4.78 is 3.98. The monoisotopic (exact) mass is 450 g/mol. The van der Waals surface area contributed by atoms with E-state index in [1.54, 1.807) is 30.7 Å². The number of amides is 1. The molecule has 1 amide bonds. The Labute approximate surface area is 198 Å². The van der Waals surface area contributed by atoms with E-state index in [0.717, 1.165) is 46.7 Å². The molecule has 0 bridgehead atoms. The minimum absolute atomic E-state index is 0.0217. The molecule has 0 atom stereocenters. The highest BCUT2D eigenvalue weighted by atomic mass is 16.2. The number of pyridine rings is 2.